The lowest BCUT2D eigenvalue weighted by atomic mass is 9.91. The Balaban J connectivity index is 1.96. The van der Waals surface area contributed by atoms with Crippen molar-refractivity contribution >= 4 is 18.2 Å². The van der Waals surface area contributed by atoms with Crippen LogP contribution >= 0.6 is 0 Å². The first kappa shape index (κ1) is 20.6. The largest absolute Gasteiger partial charge is 0.0912 e. The van der Waals surface area contributed by atoms with Gasteiger partial charge >= 0.3 is 0 Å². The molecule has 0 heteroatoms. The van der Waals surface area contributed by atoms with Crippen LogP contribution in [0.3, 0.4) is 0 Å². The number of hydrogen-bond donors (Lipinski definition) is 0. The average molecular weight is 379 g/mol. The van der Waals surface area contributed by atoms with Gasteiger partial charge in [0.1, 0.15) is 0 Å². The predicted molar refractivity (Wildman–Crippen MR) is 129 cm³/mol. The van der Waals surface area contributed by atoms with E-state index < -0.39 is 0 Å². The number of hydrogen-bond acceptors (Lipinski definition) is 0. The number of benzene rings is 3. The van der Waals surface area contributed by atoms with Crippen LogP contribution in [0.5, 0.6) is 0 Å². The van der Waals surface area contributed by atoms with E-state index in [9.17, 15) is 0 Å². The molecule has 0 unspecified atom stereocenters. The summed E-state index contributed by atoms with van der Waals surface area (Å²) in [6.07, 6.45) is 11.9. The predicted octanol–water partition coefficient (Wildman–Crippen LogP) is 6.55. The fourth-order valence-corrected chi connectivity index (χ4v) is 3.64. The van der Waals surface area contributed by atoms with E-state index in [1.54, 1.807) is 0 Å². The molecule has 0 aromatic heterocycles. The van der Waals surface area contributed by atoms with Gasteiger partial charge in [0.2, 0.25) is 0 Å². The normalized spacial score (nSPS) is 12.6. The first-order valence-corrected chi connectivity index (χ1v) is 10.5. The Hall–Kier alpha value is -3.12. The van der Waals surface area contributed by atoms with Gasteiger partial charge in [0.05, 0.1) is 0 Å². The summed E-state index contributed by atoms with van der Waals surface area (Å²) in [5.74, 6) is 0. The highest BCUT2D eigenvalue weighted by atomic mass is 14.1. The second-order valence-corrected chi connectivity index (χ2v) is 7.23. The SMILES string of the molecule is C=c1cccc/c1=C/C=C\Cc1cc(-c2ccccc2)ccc1/C(=C/CC)CC. The Morgan fingerprint density at radius 1 is 0.862 bits per heavy atom. The van der Waals surface area contributed by atoms with Crippen molar-refractivity contribution < 1.29 is 0 Å². The first-order valence-electron chi connectivity index (χ1n) is 10.5. The maximum Gasteiger partial charge on any atom is -0.00881 e. The highest BCUT2D eigenvalue weighted by molar-refractivity contribution is 5.73. The van der Waals surface area contributed by atoms with E-state index >= 15 is 0 Å². The highest BCUT2D eigenvalue weighted by Crippen LogP contribution is 2.28. The quantitative estimate of drug-likeness (QED) is 0.437. The second-order valence-electron chi connectivity index (χ2n) is 7.23. The van der Waals surface area contributed by atoms with E-state index in [1.165, 1.54) is 33.0 Å². The molecule has 3 aromatic rings. The standard InChI is InChI=1S/C29H30/c1-4-13-24(5-2)29-21-20-27(26-17-7-6-8-18-26)22-28(29)19-12-11-16-25-15-10-9-14-23(25)3/h6-18,20-22H,3-5,19H2,1-2H3/b12-11-,24-13+,25-16-. The molecule has 0 amide bonds. The van der Waals surface area contributed by atoms with E-state index in [-0.39, 0.29) is 0 Å². The molecule has 0 saturated heterocycles. The summed E-state index contributed by atoms with van der Waals surface area (Å²) in [6, 6.07) is 25.7. The van der Waals surface area contributed by atoms with Crippen LogP contribution in [-0.2, 0) is 6.42 Å². The third-order valence-corrected chi connectivity index (χ3v) is 5.19. The lowest BCUT2D eigenvalue weighted by Gasteiger charge is -2.13. The average Bonchev–Trinajstić information content (AvgIpc) is 2.77. The Bertz CT molecular complexity index is 1100. The molecule has 0 radical (unpaired) electrons. The summed E-state index contributed by atoms with van der Waals surface area (Å²) in [5, 5.41) is 2.23. The molecule has 0 bridgehead atoms. The van der Waals surface area contributed by atoms with Gasteiger partial charge in [-0.05, 0) is 57.5 Å². The van der Waals surface area contributed by atoms with Gasteiger partial charge in [0.15, 0.2) is 0 Å². The molecule has 146 valence electrons. The fraction of sp³-hybridized carbons (Fsp3) is 0.172. The highest BCUT2D eigenvalue weighted by Gasteiger charge is 2.08. The molecule has 0 aliphatic heterocycles. The van der Waals surface area contributed by atoms with Crippen molar-refractivity contribution in [2.45, 2.75) is 33.1 Å². The Morgan fingerprint density at radius 2 is 1.62 bits per heavy atom. The summed E-state index contributed by atoms with van der Waals surface area (Å²) < 4.78 is 0. The van der Waals surface area contributed by atoms with Gasteiger partial charge in [-0.1, -0.05) is 118 Å². The molecule has 29 heavy (non-hydrogen) atoms. The van der Waals surface area contributed by atoms with Crippen LogP contribution in [0.4, 0.5) is 0 Å². The molecule has 0 aliphatic rings. The van der Waals surface area contributed by atoms with Crippen molar-refractivity contribution in [1.82, 2.24) is 0 Å². The van der Waals surface area contributed by atoms with E-state index in [0.717, 1.165) is 24.5 Å². The van der Waals surface area contributed by atoms with Crippen molar-refractivity contribution in [1.29, 1.82) is 0 Å². The lowest BCUT2D eigenvalue weighted by molar-refractivity contribution is 1.15. The van der Waals surface area contributed by atoms with E-state index in [1.807, 2.05) is 12.1 Å². The monoisotopic (exact) mass is 378 g/mol. The van der Waals surface area contributed by atoms with E-state index in [2.05, 4.69) is 105 Å². The van der Waals surface area contributed by atoms with Crippen LogP contribution in [0.25, 0.3) is 29.4 Å². The summed E-state index contributed by atoms with van der Waals surface area (Å²) in [4.78, 5) is 0. The van der Waals surface area contributed by atoms with Crippen molar-refractivity contribution in [2.24, 2.45) is 0 Å². The van der Waals surface area contributed by atoms with E-state index in [4.69, 9.17) is 0 Å². The molecule has 0 N–H and O–H groups in total. The van der Waals surface area contributed by atoms with Crippen LogP contribution in [0.1, 0.15) is 37.8 Å². The summed E-state index contributed by atoms with van der Waals surface area (Å²) in [7, 11) is 0. The topological polar surface area (TPSA) is 0 Å². The van der Waals surface area contributed by atoms with Gasteiger partial charge in [-0.2, -0.15) is 0 Å². The molecule has 3 rings (SSSR count). The maximum atomic E-state index is 4.10. The van der Waals surface area contributed by atoms with Crippen LogP contribution in [0, 0.1) is 0 Å². The second kappa shape index (κ2) is 10.4. The lowest BCUT2D eigenvalue weighted by Crippen LogP contribution is -2.21. The third-order valence-electron chi connectivity index (χ3n) is 5.19. The number of rotatable bonds is 7. The smallest absolute Gasteiger partial charge is 0.00881 e. The molecule has 0 saturated carbocycles. The molecule has 3 aromatic carbocycles. The molecular weight excluding hydrogens is 348 g/mol. The molecule has 0 spiro atoms. The van der Waals surface area contributed by atoms with Crippen LogP contribution in [-0.4, -0.2) is 0 Å². The fourth-order valence-electron chi connectivity index (χ4n) is 3.64. The van der Waals surface area contributed by atoms with Crippen LogP contribution in [0.15, 0.2) is 91.0 Å². The third kappa shape index (κ3) is 5.45. The Labute approximate surface area is 175 Å². The summed E-state index contributed by atoms with van der Waals surface area (Å²) >= 11 is 0. The zero-order valence-corrected chi connectivity index (χ0v) is 17.6. The van der Waals surface area contributed by atoms with Crippen molar-refractivity contribution in [3.8, 4) is 11.1 Å². The summed E-state index contributed by atoms with van der Waals surface area (Å²) in [5.41, 5.74) is 6.72. The molecule has 0 nitrogen and oxygen atoms in total. The summed E-state index contributed by atoms with van der Waals surface area (Å²) in [6.45, 7) is 8.55. The van der Waals surface area contributed by atoms with Crippen molar-refractivity contribution in [3.05, 3.63) is 113 Å². The van der Waals surface area contributed by atoms with Crippen molar-refractivity contribution in [2.75, 3.05) is 0 Å². The molecule has 0 fully saturated rings. The number of allylic oxidation sites excluding steroid dienone is 4. The molecular formula is C29H30. The van der Waals surface area contributed by atoms with Gasteiger partial charge in [-0.15, -0.1) is 0 Å². The Kier molecular flexibility index (Phi) is 7.41. The Morgan fingerprint density at radius 3 is 2.34 bits per heavy atom. The van der Waals surface area contributed by atoms with Crippen LogP contribution < -0.4 is 10.4 Å². The maximum absolute atomic E-state index is 4.10. The van der Waals surface area contributed by atoms with Gasteiger partial charge < -0.3 is 0 Å². The molecule has 0 heterocycles. The van der Waals surface area contributed by atoms with Crippen molar-refractivity contribution in [3.63, 3.8) is 0 Å². The minimum Gasteiger partial charge on any atom is -0.0912 e. The first-order chi connectivity index (χ1) is 14.2. The van der Waals surface area contributed by atoms with Gasteiger partial charge in [0, 0.05) is 0 Å². The zero-order valence-electron chi connectivity index (χ0n) is 17.6. The molecule has 0 atom stereocenters. The minimum atomic E-state index is 0.910. The van der Waals surface area contributed by atoms with Gasteiger partial charge in [0.25, 0.3) is 0 Å². The van der Waals surface area contributed by atoms with Crippen LogP contribution in [0.2, 0.25) is 0 Å². The van der Waals surface area contributed by atoms with Gasteiger partial charge in [-0.25, -0.2) is 0 Å². The minimum absolute atomic E-state index is 0.910. The zero-order chi connectivity index (χ0) is 20.5. The van der Waals surface area contributed by atoms with Gasteiger partial charge in [-0.3, -0.25) is 0 Å². The van der Waals surface area contributed by atoms with E-state index in [0.29, 0.717) is 0 Å². The molecule has 0 aliphatic carbocycles.